The molecule has 1 aliphatic rings. The molecule has 7 rings (SSSR count). The average molecular weight is 800 g/mol. The minimum absolute atomic E-state index is 0.0337. The first-order valence-electron chi connectivity index (χ1n) is 17.5. The van der Waals surface area contributed by atoms with Crippen LogP contribution in [0.1, 0.15) is 41.6 Å². The molecular formula is C43H37Cl3N2O5S. The molecule has 4 atom stereocenters. The number of thioether (sulfide) groups is 1. The van der Waals surface area contributed by atoms with Crippen LogP contribution in [0.3, 0.4) is 0 Å². The van der Waals surface area contributed by atoms with E-state index < -0.39 is 16.0 Å². The van der Waals surface area contributed by atoms with E-state index in [-0.39, 0.29) is 31.3 Å². The van der Waals surface area contributed by atoms with Crippen molar-refractivity contribution in [3.8, 4) is 33.7 Å². The van der Waals surface area contributed by atoms with E-state index in [9.17, 15) is 9.90 Å². The number of aliphatic hydroxyl groups excluding tert-OH is 1. The first kappa shape index (κ1) is 38.2. The third kappa shape index (κ3) is 9.04. The lowest BCUT2D eigenvalue weighted by atomic mass is 9.91. The largest absolute Gasteiger partial charge is 0.431 e. The zero-order chi connectivity index (χ0) is 37.7. The highest BCUT2D eigenvalue weighted by molar-refractivity contribution is 7.99. The van der Waals surface area contributed by atoms with Gasteiger partial charge < -0.3 is 24.3 Å². The lowest BCUT2D eigenvalue weighted by Crippen LogP contribution is -2.38. The van der Waals surface area contributed by atoms with Gasteiger partial charge in [-0.1, -0.05) is 175 Å². The van der Waals surface area contributed by atoms with Crippen LogP contribution in [0.25, 0.3) is 33.7 Å². The van der Waals surface area contributed by atoms with Gasteiger partial charge in [0.05, 0.1) is 18.8 Å². The van der Waals surface area contributed by atoms with Crippen LogP contribution in [0, 0.1) is 5.92 Å². The van der Waals surface area contributed by atoms with Crippen LogP contribution >= 0.6 is 46.6 Å². The molecule has 11 heteroatoms. The van der Waals surface area contributed by atoms with E-state index >= 15 is 0 Å². The van der Waals surface area contributed by atoms with Crippen molar-refractivity contribution in [3.05, 3.63) is 156 Å². The molecule has 1 saturated heterocycles. The second-order valence-electron chi connectivity index (χ2n) is 13.0. The van der Waals surface area contributed by atoms with Gasteiger partial charge in [-0.3, -0.25) is 4.79 Å². The molecule has 1 amide bonds. The van der Waals surface area contributed by atoms with E-state index in [1.807, 2.05) is 127 Å². The lowest BCUT2D eigenvalue weighted by Gasteiger charge is -2.41. The van der Waals surface area contributed by atoms with Gasteiger partial charge in [0, 0.05) is 34.9 Å². The fourth-order valence-corrected chi connectivity index (χ4v) is 7.60. The molecule has 7 nitrogen and oxygen atoms in total. The van der Waals surface area contributed by atoms with E-state index in [1.165, 1.54) is 11.8 Å². The van der Waals surface area contributed by atoms with Crippen molar-refractivity contribution in [2.75, 3.05) is 5.75 Å². The maximum atomic E-state index is 12.1. The van der Waals surface area contributed by atoms with Gasteiger partial charge in [-0.2, -0.15) is 0 Å². The van der Waals surface area contributed by atoms with Crippen molar-refractivity contribution in [2.45, 2.75) is 47.6 Å². The second kappa shape index (κ2) is 17.1. The number of hydrogen-bond acceptors (Lipinski definition) is 7. The van der Waals surface area contributed by atoms with Gasteiger partial charge in [0.15, 0.2) is 12.1 Å². The van der Waals surface area contributed by atoms with Gasteiger partial charge in [0.2, 0.25) is 0 Å². The number of alkyl halides is 3. The third-order valence-electron chi connectivity index (χ3n) is 9.31. The van der Waals surface area contributed by atoms with Gasteiger partial charge in [0.25, 0.3) is 14.9 Å². The highest BCUT2D eigenvalue weighted by Gasteiger charge is 2.39. The Hall–Kier alpha value is -4.12. The summed E-state index contributed by atoms with van der Waals surface area (Å²) in [4.78, 5) is 17.1. The molecule has 0 spiro atoms. The van der Waals surface area contributed by atoms with Crippen LogP contribution in [-0.2, 0) is 27.4 Å². The van der Waals surface area contributed by atoms with Crippen LogP contribution in [0.5, 0.6) is 0 Å². The Labute approximate surface area is 333 Å². The molecule has 5 aromatic carbocycles. The molecule has 2 heterocycles. The Kier molecular flexibility index (Phi) is 12.1. The number of carbonyl (C=O) groups excluding carboxylic acids is 1. The Bertz CT molecular complexity index is 2120. The number of hydrogen-bond donors (Lipinski definition) is 2. The summed E-state index contributed by atoms with van der Waals surface area (Å²) in [6, 6.07) is 43.8. The standard InChI is InChI=1S/C43H37Cl3N2O5S/c1-27-36(26-54-42-48-37(30-11-4-2-5-12-30)39(53-42)31-13-6-3-7-14-31)51-40(52-38(27)32-20-18-28(25-49)19-21-32)35-17-9-16-34(23-35)33-15-8-10-29(22-33)24-47-41(50)43(44,45)46/h2-23,27,36,38,40,49H,24-26H2,1H3,(H,47,50). The summed E-state index contributed by atoms with van der Waals surface area (Å²) in [6.45, 7) is 2.30. The molecule has 54 heavy (non-hydrogen) atoms. The van der Waals surface area contributed by atoms with Crippen LogP contribution < -0.4 is 5.32 Å². The molecule has 0 saturated carbocycles. The minimum atomic E-state index is -2.04. The van der Waals surface area contributed by atoms with E-state index in [0.29, 0.717) is 11.0 Å². The fourth-order valence-electron chi connectivity index (χ4n) is 6.41. The predicted molar refractivity (Wildman–Crippen MR) is 215 cm³/mol. The summed E-state index contributed by atoms with van der Waals surface area (Å²) in [5, 5.41) is 12.9. The number of nitrogens with zero attached hydrogens (tertiary/aromatic N) is 1. The summed E-state index contributed by atoms with van der Waals surface area (Å²) in [5.41, 5.74) is 8.15. The molecule has 276 valence electrons. The fraction of sp³-hybridized carbons (Fsp3) is 0.209. The number of ether oxygens (including phenoxy) is 2. The zero-order valence-electron chi connectivity index (χ0n) is 29.2. The molecule has 6 aromatic rings. The summed E-state index contributed by atoms with van der Waals surface area (Å²) in [5.74, 6) is 0.564. The first-order chi connectivity index (χ1) is 26.2. The van der Waals surface area contributed by atoms with Crippen molar-refractivity contribution in [1.29, 1.82) is 0 Å². The number of amides is 1. The highest BCUT2D eigenvalue weighted by Crippen LogP contribution is 2.44. The molecule has 1 fully saturated rings. The average Bonchev–Trinajstić information content (AvgIpc) is 3.64. The van der Waals surface area contributed by atoms with Gasteiger partial charge in [-0.05, 0) is 39.9 Å². The van der Waals surface area contributed by atoms with E-state index in [4.69, 9.17) is 53.7 Å². The monoisotopic (exact) mass is 798 g/mol. The predicted octanol–water partition coefficient (Wildman–Crippen LogP) is 10.7. The zero-order valence-corrected chi connectivity index (χ0v) is 32.3. The Morgan fingerprint density at radius 1 is 0.759 bits per heavy atom. The Balaban J connectivity index is 1.15. The van der Waals surface area contributed by atoms with Gasteiger partial charge >= 0.3 is 0 Å². The van der Waals surface area contributed by atoms with E-state index in [1.54, 1.807) is 0 Å². The SMILES string of the molecule is CC1C(CSc2nc(-c3ccccc3)c(-c3ccccc3)o2)OC(c2cccc(-c3cccc(CNC(=O)C(Cl)(Cl)Cl)c3)c2)OC1c1ccc(CO)cc1. The highest BCUT2D eigenvalue weighted by atomic mass is 35.6. The minimum Gasteiger partial charge on any atom is -0.431 e. The third-order valence-corrected chi connectivity index (χ3v) is 10.7. The summed E-state index contributed by atoms with van der Waals surface area (Å²) in [6.07, 6.45) is -1.21. The Morgan fingerprint density at radius 2 is 1.41 bits per heavy atom. The van der Waals surface area contributed by atoms with Crippen molar-refractivity contribution < 1.29 is 23.8 Å². The van der Waals surface area contributed by atoms with Crippen molar-refractivity contribution in [1.82, 2.24) is 10.3 Å². The number of nitrogens with one attached hydrogen (secondary N) is 1. The topological polar surface area (TPSA) is 93.8 Å². The van der Waals surface area contributed by atoms with Gasteiger partial charge in [0.1, 0.15) is 5.69 Å². The molecule has 0 aliphatic carbocycles. The molecule has 1 aliphatic heterocycles. The number of rotatable bonds is 11. The van der Waals surface area contributed by atoms with Gasteiger partial charge in [-0.25, -0.2) is 4.98 Å². The number of benzene rings is 5. The maximum Gasteiger partial charge on any atom is 0.272 e. The normalized spacial score (nSPS) is 18.7. The first-order valence-corrected chi connectivity index (χ1v) is 19.6. The quantitative estimate of drug-likeness (QED) is 0.0995. The number of aromatic nitrogens is 1. The summed E-state index contributed by atoms with van der Waals surface area (Å²) in [7, 11) is 0. The summed E-state index contributed by atoms with van der Waals surface area (Å²) >= 11 is 18.7. The van der Waals surface area contributed by atoms with Crippen molar-refractivity contribution >= 4 is 52.5 Å². The number of halogens is 3. The number of aliphatic hydroxyl groups is 1. The van der Waals surface area contributed by atoms with Crippen LogP contribution in [0.4, 0.5) is 0 Å². The second-order valence-corrected chi connectivity index (χ2v) is 16.3. The molecule has 0 radical (unpaired) electrons. The van der Waals surface area contributed by atoms with Crippen LogP contribution in [0.15, 0.2) is 143 Å². The summed E-state index contributed by atoms with van der Waals surface area (Å²) < 4.78 is 18.0. The maximum absolute atomic E-state index is 12.1. The molecule has 0 bridgehead atoms. The van der Waals surface area contributed by atoms with E-state index in [0.717, 1.165) is 56.0 Å². The van der Waals surface area contributed by atoms with Crippen LogP contribution in [0.2, 0.25) is 0 Å². The number of oxazole rings is 1. The van der Waals surface area contributed by atoms with Gasteiger partial charge in [-0.15, -0.1) is 0 Å². The number of carbonyl (C=O) groups is 1. The van der Waals surface area contributed by atoms with Crippen molar-refractivity contribution in [3.63, 3.8) is 0 Å². The Morgan fingerprint density at radius 3 is 2.09 bits per heavy atom. The van der Waals surface area contributed by atoms with Crippen molar-refractivity contribution in [2.24, 2.45) is 5.92 Å². The molecule has 4 unspecified atom stereocenters. The molecule has 1 aromatic heterocycles. The lowest BCUT2D eigenvalue weighted by molar-refractivity contribution is -0.268. The smallest absolute Gasteiger partial charge is 0.272 e. The molecular weight excluding hydrogens is 763 g/mol. The van der Waals surface area contributed by atoms with E-state index in [2.05, 4.69) is 18.3 Å². The van der Waals surface area contributed by atoms with Crippen LogP contribution in [-0.4, -0.2) is 31.6 Å². The molecule has 2 N–H and O–H groups in total.